The van der Waals surface area contributed by atoms with Crippen molar-refractivity contribution in [2.24, 2.45) is 4.99 Å². The molecule has 26 heavy (non-hydrogen) atoms. The summed E-state index contributed by atoms with van der Waals surface area (Å²) in [5.41, 5.74) is 1.13. The van der Waals surface area contributed by atoms with E-state index >= 15 is 0 Å². The fourth-order valence-corrected chi connectivity index (χ4v) is 4.46. The number of piperidine rings is 1. The van der Waals surface area contributed by atoms with Crippen LogP contribution in [0.5, 0.6) is 0 Å². The van der Waals surface area contributed by atoms with Gasteiger partial charge in [-0.3, -0.25) is 9.20 Å². The number of nitrogens with zero attached hydrogens (tertiary/aromatic N) is 2. The van der Waals surface area contributed by atoms with E-state index in [1.807, 2.05) is 30.3 Å². The van der Waals surface area contributed by atoms with Crippen molar-refractivity contribution in [3.05, 3.63) is 35.9 Å². The molecule has 2 N–H and O–H groups in total. The summed E-state index contributed by atoms with van der Waals surface area (Å²) in [5, 5.41) is 6.90. The number of hydrogen-bond donors (Lipinski definition) is 2. The fraction of sp³-hybridized carbons (Fsp3) is 0.650. The molecule has 2 aliphatic rings. The van der Waals surface area contributed by atoms with Gasteiger partial charge in [0.25, 0.3) is 0 Å². The first-order valence-corrected chi connectivity index (χ1v) is 11.4. The van der Waals surface area contributed by atoms with Crippen LogP contribution in [0.15, 0.2) is 35.3 Å². The largest absolute Gasteiger partial charge is 0.357 e. The average molecular weight is 377 g/mol. The highest BCUT2D eigenvalue weighted by Gasteiger charge is 2.31. The minimum absolute atomic E-state index is 0.498. The number of hydrogen-bond acceptors (Lipinski definition) is 3. The molecule has 0 aromatic heterocycles. The van der Waals surface area contributed by atoms with Gasteiger partial charge in [0.05, 0.1) is 6.54 Å². The Bertz CT molecular complexity index is 595. The second-order valence-electron chi connectivity index (χ2n) is 7.22. The highest BCUT2D eigenvalue weighted by Crippen LogP contribution is 2.29. The van der Waals surface area contributed by atoms with Crippen molar-refractivity contribution >= 4 is 16.8 Å². The minimum atomic E-state index is -0.870. The van der Waals surface area contributed by atoms with E-state index in [2.05, 4.69) is 27.4 Å². The van der Waals surface area contributed by atoms with Gasteiger partial charge in [-0.2, -0.15) is 0 Å². The Morgan fingerprint density at radius 3 is 2.58 bits per heavy atom. The summed E-state index contributed by atoms with van der Waals surface area (Å²) >= 11 is 0. The maximum absolute atomic E-state index is 12.2. The highest BCUT2D eigenvalue weighted by atomic mass is 32.2. The van der Waals surface area contributed by atoms with Crippen LogP contribution in [0.1, 0.15) is 38.2 Å². The SMILES string of the molecule is CCNC(=NCCS(=O)Cc1ccccc1)NC1CCN(C2CC2)CC1. The second-order valence-corrected chi connectivity index (χ2v) is 8.80. The molecule has 0 bridgehead atoms. The van der Waals surface area contributed by atoms with E-state index in [0.29, 0.717) is 24.1 Å². The van der Waals surface area contributed by atoms with E-state index in [-0.39, 0.29) is 0 Å². The molecule has 0 radical (unpaired) electrons. The summed E-state index contributed by atoms with van der Waals surface area (Å²) in [5.74, 6) is 2.08. The van der Waals surface area contributed by atoms with Crippen LogP contribution < -0.4 is 10.6 Å². The number of rotatable bonds is 8. The Kier molecular flexibility index (Phi) is 7.50. The molecule has 5 nitrogen and oxygen atoms in total. The number of likely N-dealkylation sites (tertiary alicyclic amines) is 1. The van der Waals surface area contributed by atoms with Crippen LogP contribution in [0.4, 0.5) is 0 Å². The van der Waals surface area contributed by atoms with E-state index in [9.17, 15) is 4.21 Å². The zero-order valence-electron chi connectivity index (χ0n) is 15.8. The van der Waals surface area contributed by atoms with Gasteiger partial charge >= 0.3 is 0 Å². The smallest absolute Gasteiger partial charge is 0.191 e. The van der Waals surface area contributed by atoms with Crippen molar-refractivity contribution in [3.63, 3.8) is 0 Å². The molecular formula is C20H32N4OS. The molecule has 1 saturated heterocycles. The lowest BCUT2D eigenvalue weighted by molar-refractivity contribution is 0.197. The molecule has 144 valence electrons. The third-order valence-electron chi connectivity index (χ3n) is 5.04. The number of guanidine groups is 1. The third kappa shape index (κ3) is 6.40. The van der Waals surface area contributed by atoms with Crippen molar-refractivity contribution in [2.75, 3.05) is 31.9 Å². The first-order valence-electron chi connectivity index (χ1n) is 9.92. The number of aliphatic imine (C=N–C) groups is 1. The molecule has 2 fully saturated rings. The van der Waals surface area contributed by atoms with Gasteiger partial charge in [0.1, 0.15) is 0 Å². The van der Waals surface area contributed by atoms with Crippen LogP contribution in [0.25, 0.3) is 0 Å². The van der Waals surface area contributed by atoms with Gasteiger partial charge in [-0.25, -0.2) is 0 Å². The second kappa shape index (κ2) is 10.1. The molecule has 1 unspecified atom stereocenters. The monoisotopic (exact) mass is 376 g/mol. The van der Waals surface area contributed by atoms with Crippen molar-refractivity contribution in [1.82, 2.24) is 15.5 Å². The minimum Gasteiger partial charge on any atom is -0.357 e. The summed E-state index contributed by atoms with van der Waals surface area (Å²) in [6.45, 7) is 5.92. The lowest BCUT2D eigenvalue weighted by Gasteiger charge is -2.33. The predicted molar refractivity (Wildman–Crippen MR) is 110 cm³/mol. The van der Waals surface area contributed by atoms with Crippen LogP contribution in [-0.4, -0.2) is 59.1 Å². The number of benzene rings is 1. The summed E-state index contributed by atoms with van der Waals surface area (Å²) in [7, 11) is -0.870. The van der Waals surface area contributed by atoms with Gasteiger partial charge in [0.15, 0.2) is 5.96 Å². The van der Waals surface area contributed by atoms with Crippen LogP contribution in [0.2, 0.25) is 0 Å². The average Bonchev–Trinajstić information content (AvgIpc) is 3.48. The summed E-state index contributed by atoms with van der Waals surface area (Å²) in [6, 6.07) is 11.4. The van der Waals surface area contributed by atoms with Crippen LogP contribution in [-0.2, 0) is 16.6 Å². The van der Waals surface area contributed by atoms with Gasteiger partial charge in [0, 0.05) is 54.0 Å². The first-order chi connectivity index (χ1) is 12.7. The van der Waals surface area contributed by atoms with Gasteiger partial charge in [0.2, 0.25) is 0 Å². The van der Waals surface area contributed by atoms with Gasteiger partial charge in [-0.15, -0.1) is 0 Å². The zero-order valence-corrected chi connectivity index (χ0v) is 16.6. The Morgan fingerprint density at radius 1 is 1.19 bits per heavy atom. The van der Waals surface area contributed by atoms with Crippen molar-refractivity contribution < 1.29 is 4.21 Å². The Labute approximate surface area is 160 Å². The molecule has 1 aromatic rings. The Hall–Kier alpha value is -1.40. The quantitative estimate of drug-likeness (QED) is 0.539. The molecule has 1 atom stereocenters. The molecule has 1 aliphatic carbocycles. The molecular weight excluding hydrogens is 344 g/mol. The molecule has 0 amide bonds. The topological polar surface area (TPSA) is 56.7 Å². The number of nitrogens with one attached hydrogen (secondary N) is 2. The van der Waals surface area contributed by atoms with Crippen LogP contribution in [0, 0.1) is 0 Å². The standard InChI is InChI=1S/C20H32N4OS/c1-2-21-20(23-18-10-13-24(14-11-18)19-8-9-19)22-12-15-26(25)16-17-6-4-3-5-7-17/h3-7,18-19H,2,8-16H2,1H3,(H2,21,22,23). The van der Waals surface area contributed by atoms with Crippen molar-refractivity contribution in [1.29, 1.82) is 0 Å². The van der Waals surface area contributed by atoms with Gasteiger partial charge in [-0.05, 0) is 38.2 Å². The molecule has 3 rings (SSSR count). The Morgan fingerprint density at radius 2 is 1.92 bits per heavy atom. The van der Waals surface area contributed by atoms with E-state index in [1.54, 1.807) is 0 Å². The molecule has 1 saturated carbocycles. The molecule has 1 heterocycles. The molecule has 1 aliphatic heterocycles. The first kappa shape index (κ1) is 19.4. The van der Waals surface area contributed by atoms with E-state index < -0.39 is 10.8 Å². The van der Waals surface area contributed by atoms with Gasteiger partial charge < -0.3 is 15.5 Å². The zero-order chi connectivity index (χ0) is 18.2. The fourth-order valence-electron chi connectivity index (χ4n) is 3.45. The van der Waals surface area contributed by atoms with E-state index in [4.69, 9.17) is 0 Å². The highest BCUT2D eigenvalue weighted by molar-refractivity contribution is 7.84. The lowest BCUT2D eigenvalue weighted by Crippen LogP contribution is -2.49. The molecule has 6 heteroatoms. The lowest BCUT2D eigenvalue weighted by atomic mass is 10.1. The summed E-state index contributed by atoms with van der Waals surface area (Å²) in [6.07, 6.45) is 5.15. The summed E-state index contributed by atoms with van der Waals surface area (Å²) in [4.78, 5) is 7.28. The van der Waals surface area contributed by atoms with Crippen LogP contribution >= 0.6 is 0 Å². The Balaban J connectivity index is 1.41. The van der Waals surface area contributed by atoms with Crippen LogP contribution in [0.3, 0.4) is 0 Å². The van der Waals surface area contributed by atoms with E-state index in [0.717, 1.165) is 24.1 Å². The normalized spacial score (nSPS) is 20.7. The third-order valence-corrected chi connectivity index (χ3v) is 6.33. The molecule has 0 spiro atoms. The predicted octanol–water partition coefficient (Wildman–Crippen LogP) is 2.12. The van der Waals surface area contributed by atoms with Gasteiger partial charge in [-0.1, -0.05) is 30.3 Å². The summed E-state index contributed by atoms with van der Waals surface area (Å²) < 4.78 is 12.2. The maximum atomic E-state index is 12.2. The molecule has 1 aromatic carbocycles. The van der Waals surface area contributed by atoms with Crippen molar-refractivity contribution in [2.45, 2.75) is 50.4 Å². The van der Waals surface area contributed by atoms with E-state index in [1.165, 1.54) is 38.8 Å². The maximum Gasteiger partial charge on any atom is 0.191 e. The van der Waals surface area contributed by atoms with Crippen molar-refractivity contribution in [3.8, 4) is 0 Å².